The predicted molar refractivity (Wildman–Crippen MR) is 91.5 cm³/mol. The highest BCUT2D eigenvalue weighted by molar-refractivity contribution is 5.68. The van der Waals surface area contributed by atoms with E-state index in [4.69, 9.17) is 4.74 Å². The zero-order valence-corrected chi connectivity index (χ0v) is 13.7. The van der Waals surface area contributed by atoms with E-state index in [0.29, 0.717) is 16.9 Å². The summed E-state index contributed by atoms with van der Waals surface area (Å²) >= 11 is 0. The highest BCUT2D eigenvalue weighted by Gasteiger charge is 2.30. The molecule has 1 N–H and O–H groups in total. The number of hydrogen-bond donors (Lipinski definition) is 1. The zero-order valence-electron chi connectivity index (χ0n) is 13.7. The third-order valence-corrected chi connectivity index (χ3v) is 3.63. The van der Waals surface area contributed by atoms with Crippen LogP contribution in [0.3, 0.4) is 0 Å². The standard InChI is InChI=1S/C20H15F3O3/c1-13-2-7-16(8-3-13)25-19-12-15(6-11-18(19)24)14-4-9-17(10-5-14)26-20(21,22)23/h2-12,24H,1H3. The Balaban J connectivity index is 1.83. The highest BCUT2D eigenvalue weighted by Crippen LogP contribution is 2.35. The molecule has 0 saturated carbocycles. The van der Waals surface area contributed by atoms with Gasteiger partial charge in [0.15, 0.2) is 11.5 Å². The first kappa shape index (κ1) is 17.7. The minimum absolute atomic E-state index is 0.0358. The Bertz CT molecular complexity index is 886. The van der Waals surface area contributed by atoms with Gasteiger partial charge in [0.1, 0.15) is 11.5 Å². The molecular weight excluding hydrogens is 345 g/mol. The summed E-state index contributed by atoms with van der Waals surface area (Å²) < 4.78 is 46.2. The van der Waals surface area contributed by atoms with Gasteiger partial charge >= 0.3 is 6.36 Å². The van der Waals surface area contributed by atoms with Crippen LogP contribution in [0.15, 0.2) is 66.7 Å². The quantitative estimate of drug-likeness (QED) is 0.615. The number of phenols is 1. The SMILES string of the molecule is Cc1ccc(Oc2cc(-c3ccc(OC(F)(F)F)cc3)ccc2O)cc1. The first-order valence-electron chi connectivity index (χ1n) is 7.74. The van der Waals surface area contributed by atoms with Gasteiger partial charge in [-0.2, -0.15) is 0 Å². The van der Waals surface area contributed by atoms with Crippen molar-refractivity contribution in [3.63, 3.8) is 0 Å². The van der Waals surface area contributed by atoms with Gasteiger partial charge in [0.2, 0.25) is 0 Å². The van der Waals surface area contributed by atoms with Gasteiger partial charge < -0.3 is 14.6 Å². The van der Waals surface area contributed by atoms with Crippen molar-refractivity contribution >= 4 is 0 Å². The topological polar surface area (TPSA) is 38.7 Å². The molecule has 0 unspecified atom stereocenters. The van der Waals surface area contributed by atoms with Crippen LogP contribution in [0.2, 0.25) is 0 Å². The Morgan fingerprint density at radius 3 is 1.96 bits per heavy atom. The van der Waals surface area contributed by atoms with Crippen molar-refractivity contribution in [1.29, 1.82) is 0 Å². The van der Waals surface area contributed by atoms with Crippen LogP contribution < -0.4 is 9.47 Å². The van der Waals surface area contributed by atoms with Crippen LogP contribution >= 0.6 is 0 Å². The number of halogens is 3. The number of hydrogen-bond acceptors (Lipinski definition) is 3. The molecule has 0 aliphatic heterocycles. The van der Waals surface area contributed by atoms with Crippen LogP contribution in [0, 0.1) is 6.92 Å². The maximum absolute atomic E-state index is 12.2. The monoisotopic (exact) mass is 360 g/mol. The van der Waals surface area contributed by atoms with Gasteiger partial charge in [-0.1, -0.05) is 35.9 Å². The smallest absolute Gasteiger partial charge is 0.504 e. The molecule has 3 rings (SSSR count). The van der Waals surface area contributed by atoms with Crippen LogP contribution in [0.1, 0.15) is 5.56 Å². The van der Waals surface area contributed by atoms with E-state index in [1.54, 1.807) is 24.3 Å². The Kier molecular flexibility index (Phi) is 4.75. The Morgan fingerprint density at radius 1 is 0.769 bits per heavy atom. The van der Waals surface area contributed by atoms with Crippen molar-refractivity contribution in [2.24, 2.45) is 0 Å². The molecule has 0 heterocycles. The number of benzene rings is 3. The van der Waals surface area contributed by atoms with Gasteiger partial charge in [-0.25, -0.2) is 0 Å². The summed E-state index contributed by atoms with van der Waals surface area (Å²) in [4.78, 5) is 0. The van der Waals surface area contributed by atoms with Gasteiger partial charge in [0.05, 0.1) is 0 Å². The van der Waals surface area contributed by atoms with Gasteiger partial charge in [-0.15, -0.1) is 13.2 Å². The van der Waals surface area contributed by atoms with Crippen LogP contribution in [0.25, 0.3) is 11.1 Å². The van der Waals surface area contributed by atoms with E-state index in [2.05, 4.69) is 4.74 Å². The Morgan fingerprint density at radius 2 is 1.35 bits per heavy atom. The fourth-order valence-corrected chi connectivity index (χ4v) is 2.36. The molecule has 0 saturated heterocycles. The molecule has 3 aromatic carbocycles. The Hall–Kier alpha value is -3.15. The predicted octanol–water partition coefficient (Wildman–Crippen LogP) is 6.06. The van der Waals surface area contributed by atoms with Crippen LogP contribution in [0.5, 0.6) is 23.0 Å². The highest BCUT2D eigenvalue weighted by atomic mass is 19.4. The van der Waals surface area contributed by atoms with Crippen molar-refractivity contribution in [3.05, 3.63) is 72.3 Å². The lowest BCUT2D eigenvalue weighted by molar-refractivity contribution is -0.274. The number of aromatic hydroxyl groups is 1. The third-order valence-electron chi connectivity index (χ3n) is 3.63. The lowest BCUT2D eigenvalue weighted by Crippen LogP contribution is -2.16. The molecule has 0 amide bonds. The summed E-state index contributed by atoms with van der Waals surface area (Å²) in [5.74, 6) is 0.487. The second kappa shape index (κ2) is 7.00. The second-order valence-corrected chi connectivity index (χ2v) is 5.67. The van der Waals surface area contributed by atoms with Crippen molar-refractivity contribution in [1.82, 2.24) is 0 Å². The number of rotatable bonds is 4. The molecule has 6 heteroatoms. The first-order chi connectivity index (χ1) is 12.3. The molecule has 0 fully saturated rings. The van der Waals surface area contributed by atoms with Crippen molar-refractivity contribution in [2.45, 2.75) is 13.3 Å². The van der Waals surface area contributed by atoms with Crippen LogP contribution in [0.4, 0.5) is 13.2 Å². The molecule has 0 bridgehead atoms. The van der Waals surface area contributed by atoms with Crippen molar-refractivity contribution in [2.75, 3.05) is 0 Å². The van der Waals surface area contributed by atoms with Crippen LogP contribution in [-0.2, 0) is 0 Å². The number of aryl methyl sites for hydroxylation is 1. The van der Waals surface area contributed by atoms with E-state index >= 15 is 0 Å². The van der Waals surface area contributed by atoms with E-state index in [0.717, 1.165) is 5.56 Å². The summed E-state index contributed by atoms with van der Waals surface area (Å²) in [6.45, 7) is 1.95. The second-order valence-electron chi connectivity index (χ2n) is 5.67. The summed E-state index contributed by atoms with van der Waals surface area (Å²) in [6.07, 6.45) is -4.73. The van der Waals surface area contributed by atoms with Crippen LogP contribution in [-0.4, -0.2) is 11.5 Å². The average Bonchev–Trinajstić information content (AvgIpc) is 2.58. The first-order valence-corrected chi connectivity index (χ1v) is 7.74. The summed E-state index contributed by atoms with van der Waals surface area (Å²) in [7, 11) is 0. The van der Waals surface area contributed by atoms with E-state index in [1.165, 1.54) is 30.3 Å². The molecular formula is C20H15F3O3. The number of phenolic OH excluding ortho intramolecular Hbond substituents is 1. The van der Waals surface area contributed by atoms with Crippen molar-refractivity contribution < 1.29 is 27.8 Å². The molecule has 26 heavy (non-hydrogen) atoms. The van der Waals surface area contributed by atoms with Crippen molar-refractivity contribution in [3.8, 4) is 34.1 Å². The molecule has 0 aliphatic rings. The summed E-state index contributed by atoms with van der Waals surface area (Å²) in [5.41, 5.74) is 2.42. The molecule has 0 aromatic heterocycles. The molecule has 0 aliphatic carbocycles. The van der Waals surface area contributed by atoms with E-state index in [-0.39, 0.29) is 17.2 Å². The zero-order chi connectivity index (χ0) is 18.7. The van der Waals surface area contributed by atoms with E-state index < -0.39 is 6.36 Å². The average molecular weight is 360 g/mol. The molecule has 0 spiro atoms. The Labute approximate surface area is 148 Å². The number of alkyl halides is 3. The normalized spacial score (nSPS) is 11.2. The molecule has 3 nitrogen and oxygen atoms in total. The maximum Gasteiger partial charge on any atom is 0.573 e. The minimum atomic E-state index is -4.73. The van der Waals surface area contributed by atoms with Gasteiger partial charge in [0, 0.05) is 0 Å². The summed E-state index contributed by atoms with van der Waals surface area (Å²) in [6, 6.07) is 17.5. The lowest BCUT2D eigenvalue weighted by atomic mass is 10.1. The molecule has 134 valence electrons. The van der Waals surface area contributed by atoms with E-state index in [1.807, 2.05) is 19.1 Å². The number of ether oxygens (including phenoxy) is 2. The third kappa shape index (κ3) is 4.47. The maximum atomic E-state index is 12.2. The minimum Gasteiger partial charge on any atom is -0.504 e. The largest absolute Gasteiger partial charge is 0.573 e. The van der Waals surface area contributed by atoms with E-state index in [9.17, 15) is 18.3 Å². The molecule has 3 aromatic rings. The van der Waals surface area contributed by atoms with Gasteiger partial charge in [-0.3, -0.25) is 0 Å². The summed E-state index contributed by atoms with van der Waals surface area (Å²) in [5, 5.41) is 10.00. The van der Waals surface area contributed by atoms with Gasteiger partial charge in [0.25, 0.3) is 0 Å². The lowest BCUT2D eigenvalue weighted by Gasteiger charge is -2.11. The fraction of sp³-hybridized carbons (Fsp3) is 0.100. The molecule has 0 radical (unpaired) electrons. The molecule has 0 atom stereocenters. The van der Waals surface area contributed by atoms with Gasteiger partial charge in [-0.05, 0) is 54.4 Å². The fourth-order valence-electron chi connectivity index (χ4n) is 2.36.